The van der Waals surface area contributed by atoms with Gasteiger partial charge in [0.05, 0.1) is 6.61 Å². The zero-order chi connectivity index (χ0) is 21.2. The van der Waals surface area contributed by atoms with Crippen LogP contribution in [0.3, 0.4) is 0 Å². The van der Waals surface area contributed by atoms with Gasteiger partial charge in [-0.05, 0) is 68.8 Å². The van der Waals surface area contributed by atoms with Gasteiger partial charge in [-0.1, -0.05) is 0 Å². The average molecular weight is 397 g/mol. The molecule has 2 aromatic carbocycles. The third-order valence-electron chi connectivity index (χ3n) is 3.99. The van der Waals surface area contributed by atoms with E-state index >= 15 is 0 Å². The van der Waals surface area contributed by atoms with E-state index in [-0.39, 0.29) is 24.6 Å². The number of anilines is 1. The number of benzene rings is 2. The fourth-order valence-corrected chi connectivity index (χ4v) is 2.40. The Morgan fingerprint density at radius 3 is 1.93 bits per heavy atom. The maximum absolute atomic E-state index is 11.8. The highest BCUT2D eigenvalue weighted by Gasteiger charge is 2.09. The van der Waals surface area contributed by atoms with Crippen LogP contribution in [0.15, 0.2) is 48.5 Å². The highest BCUT2D eigenvalue weighted by atomic mass is 16.5. The standard InChI is InChI=1S/C22H23NO6/c1-15(24)17-5-9-19(10-6-17)23-21(26)14-29-22(27)4-3-13-28-20-11-7-18(8-12-20)16(2)25/h5-12H,3-4,13-14H2,1-2H3,(H,23,26). The molecule has 7 nitrogen and oxygen atoms in total. The lowest BCUT2D eigenvalue weighted by atomic mass is 10.1. The summed E-state index contributed by atoms with van der Waals surface area (Å²) in [6, 6.07) is 13.2. The van der Waals surface area contributed by atoms with Gasteiger partial charge in [-0.15, -0.1) is 0 Å². The Labute approximate surface area is 169 Å². The van der Waals surface area contributed by atoms with Crippen molar-refractivity contribution in [2.45, 2.75) is 26.7 Å². The van der Waals surface area contributed by atoms with Gasteiger partial charge in [-0.3, -0.25) is 19.2 Å². The smallest absolute Gasteiger partial charge is 0.306 e. The van der Waals surface area contributed by atoms with Crippen LogP contribution in [-0.2, 0) is 14.3 Å². The molecule has 0 spiro atoms. The number of Topliss-reactive ketones (excluding diaryl/α,β-unsaturated/α-hetero) is 2. The fourth-order valence-electron chi connectivity index (χ4n) is 2.40. The molecule has 0 unspecified atom stereocenters. The van der Waals surface area contributed by atoms with E-state index in [0.29, 0.717) is 35.6 Å². The lowest BCUT2D eigenvalue weighted by Crippen LogP contribution is -2.21. The quantitative estimate of drug-likeness (QED) is 0.375. The Hall–Kier alpha value is -3.48. The summed E-state index contributed by atoms with van der Waals surface area (Å²) >= 11 is 0. The van der Waals surface area contributed by atoms with Gasteiger partial charge >= 0.3 is 5.97 Å². The van der Waals surface area contributed by atoms with Crippen LogP contribution in [0.1, 0.15) is 47.4 Å². The third-order valence-corrected chi connectivity index (χ3v) is 3.99. The zero-order valence-corrected chi connectivity index (χ0v) is 16.4. The molecule has 7 heteroatoms. The lowest BCUT2D eigenvalue weighted by Gasteiger charge is -2.08. The van der Waals surface area contributed by atoms with Gasteiger partial charge in [0, 0.05) is 23.2 Å². The third kappa shape index (κ3) is 7.57. The number of ketones is 2. The Morgan fingerprint density at radius 1 is 0.828 bits per heavy atom. The molecule has 0 aliphatic rings. The van der Waals surface area contributed by atoms with Crippen molar-refractivity contribution in [1.82, 2.24) is 0 Å². The molecule has 0 aliphatic carbocycles. The van der Waals surface area contributed by atoms with Gasteiger partial charge in [-0.2, -0.15) is 0 Å². The zero-order valence-electron chi connectivity index (χ0n) is 16.4. The molecule has 0 heterocycles. The topological polar surface area (TPSA) is 98.8 Å². The molecule has 1 amide bonds. The van der Waals surface area contributed by atoms with E-state index in [4.69, 9.17) is 9.47 Å². The number of hydrogen-bond acceptors (Lipinski definition) is 6. The van der Waals surface area contributed by atoms with Crippen molar-refractivity contribution in [1.29, 1.82) is 0 Å². The van der Waals surface area contributed by atoms with Gasteiger partial charge in [-0.25, -0.2) is 0 Å². The molecule has 0 saturated carbocycles. The van der Waals surface area contributed by atoms with Gasteiger partial charge in [0.25, 0.3) is 5.91 Å². The van der Waals surface area contributed by atoms with Crippen LogP contribution in [0.5, 0.6) is 5.75 Å². The molecular weight excluding hydrogens is 374 g/mol. The van der Waals surface area contributed by atoms with Crippen LogP contribution in [0.25, 0.3) is 0 Å². The number of carbonyl (C=O) groups is 4. The number of carbonyl (C=O) groups excluding carboxylic acids is 4. The summed E-state index contributed by atoms with van der Waals surface area (Å²) in [5.41, 5.74) is 1.67. The minimum Gasteiger partial charge on any atom is -0.494 e. The summed E-state index contributed by atoms with van der Waals surface area (Å²) < 4.78 is 10.4. The summed E-state index contributed by atoms with van der Waals surface area (Å²) in [5.74, 6) is -0.429. The molecule has 152 valence electrons. The number of rotatable bonds is 10. The first kappa shape index (κ1) is 21.8. The molecular formula is C22H23NO6. The first-order chi connectivity index (χ1) is 13.8. The van der Waals surface area contributed by atoms with Crippen LogP contribution in [0, 0.1) is 0 Å². The summed E-state index contributed by atoms with van der Waals surface area (Å²) in [6.07, 6.45) is 0.549. The number of esters is 1. The summed E-state index contributed by atoms with van der Waals surface area (Å²) in [7, 11) is 0. The second-order valence-electron chi connectivity index (χ2n) is 6.37. The Morgan fingerprint density at radius 2 is 1.38 bits per heavy atom. The van der Waals surface area contributed by atoms with Gasteiger partial charge in [0.15, 0.2) is 18.2 Å². The summed E-state index contributed by atoms with van der Waals surface area (Å²) in [6.45, 7) is 2.87. The monoisotopic (exact) mass is 397 g/mol. The number of amides is 1. The number of ether oxygens (including phenoxy) is 2. The SMILES string of the molecule is CC(=O)c1ccc(NC(=O)COC(=O)CCCOc2ccc(C(C)=O)cc2)cc1. The van der Waals surface area contributed by atoms with Crippen molar-refractivity contribution in [3.63, 3.8) is 0 Å². The van der Waals surface area contributed by atoms with Crippen LogP contribution in [0.2, 0.25) is 0 Å². The van der Waals surface area contributed by atoms with Crippen molar-refractivity contribution in [3.8, 4) is 5.75 Å². The summed E-state index contributed by atoms with van der Waals surface area (Å²) in [4.78, 5) is 46.0. The first-order valence-electron chi connectivity index (χ1n) is 9.15. The molecule has 0 aliphatic heterocycles. The first-order valence-corrected chi connectivity index (χ1v) is 9.15. The Balaban J connectivity index is 1.63. The molecule has 0 fully saturated rings. The fraction of sp³-hybridized carbons (Fsp3) is 0.273. The maximum Gasteiger partial charge on any atom is 0.306 e. The van der Waals surface area contributed by atoms with Crippen molar-refractivity contribution in [2.75, 3.05) is 18.5 Å². The molecule has 0 saturated heterocycles. The molecule has 0 atom stereocenters. The van der Waals surface area contributed by atoms with Gasteiger partial charge in [0.2, 0.25) is 0 Å². The van der Waals surface area contributed by atoms with Crippen LogP contribution >= 0.6 is 0 Å². The summed E-state index contributed by atoms with van der Waals surface area (Å²) in [5, 5.41) is 2.59. The van der Waals surface area contributed by atoms with E-state index in [1.165, 1.54) is 13.8 Å². The number of hydrogen-bond donors (Lipinski definition) is 1. The van der Waals surface area contributed by atoms with Crippen molar-refractivity contribution in [3.05, 3.63) is 59.7 Å². The normalized spacial score (nSPS) is 10.1. The number of nitrogens with one attached hydrogen (secondary N) is 1. The lowest BCUT2D eigenvalue weighted by molar-refractivity contribution is -0.147. The minimum atomic E-state index is -0.498. The highest BCUT2D eigenvalue weighted by molar-refractivity contribution is 5.96. The minimum absolute atomic E-state index is 0.0172. The Bertz CT molecular complexity index is 871. The van der Waals surface area contributed by atoms with Gasteiger partial charge < -0.3 is 14.8 Å². The van der Waals surface area contributed by atoms with E-state index in [9.17, 15) is 19.2 Å². The largest absolute Gasteiger partial charge is 0.494 e. The van der Waals surface area contributed by atoms with Crippen molar-refractivity contribution < 1.29 is 28.7 Å². The molecule has 0 radical (unpaired) electrons. The highest BCUT2D eigenvalue weighted by Crippen LogP contribution is 2.13. The van der Waals surface area contributed by atoms with Crippen LogP contribution in [0.4, 0.5) is 5.69 Å². The second-order valence-corrected chi connectivity index (χ2v) is 6.37. The second kappa shape index (κ2) is 10.8. The molecule has 2 rings (SSSR count). The average Bonchev–Trinajstić information content (AvgIpc) is 2.70. The van der Waals surface area contributed by atoms with Crippen molar-refractivity contribution in [2.24, 2.45) is 0 Å². The predicted octanol–water partition coefficient (Wildman–Crippen LogP) is 3.43. The molecule has 0 aromatic heterocycles. The van der Waals surface area contributed by atoms with Crippen LogP contribution in [-0.4, -0.2) is 36.7 Å². The molecule has 1 N–H and O–H groups in total. The van der Waals surface area contributed by atoms with Gasteiger partial charge in [0.1, 0.15) is 5.75 Å². The van der Waals surface area contributed by atoms with E-state index in [2.05, 4.69) is 5.32 Å². The molecule has 2 aromatic rings. The van der Waals surface area contributed by atoms with Crippen LogP contribution < -0.4 is 10.1 Å². The predicted molar refractivity (Wildman–Crippen MR) is 107 cm³/mol. The van der Waals surface area contributed by atoms with E-state index < -0.39 is 11.9 Å². The van der Waals surface area contributed by atoms with E-state index in [1.807, 2.05) is 0 Å². The van der Waals surface area contributed by atoms with E-state index in [0.717, 1.165) is 0 Å². The molecule has 29 heavy (non-hydrogen) atoms. The van der Waals surface area contributed by atoms with E-state index in [1.54, 1.807) is 48.5 Å². The van der Waals surface area contributed by atoms with Crippen molar-refractivity contribution >= 4 is 29.1 Å². The maximum atomic E-state index is 11.8. The Kier molecular flexibility index (Phi) is 8.09. The molecule has 0 bridgehead atoms.